The second-order valence-electron chi connectivity index (χ2n) is 5.83. The number of carbonyl (C=O) groups excluding carboxylic acids is 1. The molecule has 5 heteroatoms. The molecule has 2 rings (SSSR count). The summed E-state index contributed by atoms with van der Waals surface area (Å²) in [5, 5.41) is 6.66. The third-order valence-corrected chi connectivity index (χ3v) is 3.51. The van der Waals surface area contributed by atoms with Gasteiger partial charge < -0.3 is 15.5 Å². The van der Waals surface area contributed by atoms with Crippen LogP contribution in [-0.2, 0) is 6.42 Å². The van der Waals surface area contributed by atoms with E-state index >= 15 is 0 Å². The molecule has 1 saturated carbocycles. The molecular weight excluding hydrogens is 276 g/mol. The van der Waals surface area contributed by atoms with Crippen molar-refractivity contribution in [3.63, 3.8) is 0 Å². The van der Waals surface area contributed by atoms with Gasteiger partial charge in [-0.1, -0.05) is 12.1 Å². The lowest BCUT2D eigenvalue weighted by molar-refractivity contribution is 0.0827. The third-order valence-electron chi connectivity index (χ3n) is 3.51. The number of hydrogen-bond acceptors (Lipinski definition) is 2. The molecule has 1 amide bonds. The molecule has 0 aromatic heterocycles. The maximum atomic E-state index is 12.0. The van der Waals surface area contributed by atoms with Gasteiger partial charge in [0.1, 0.15) is 0 Å². The number of hydrogen-bond donors (Lipinski definition) is 2. The van der Waals surface area contributed by atoms with Gasteiger partial charge in [0.2, 0.25) is 0 Å². The summed E-state index contributed by atoms with van der Waals surface area (Å²) >= 11 is 0. The average molecular weight is 302 g/mol. The number of rotatable bonds is 6. The molecule has 1 aromatic carbocycles. The summed E-state index contributed by atoms with van der Waals surface area (Å²) in [6, 6.07) is 8.39. The molecule has 1 aromatic rings. The van der Waals surface area contributed by atoms with Gasteiger partial charge in [-0.2, -0.15) is 0 Å². The van der Waals surface area contributed by atoms with Crippen LogP contribution in [0, 0.1) is 0 Å². The number of nitrogens with zero attached hydrogens (tertiary/aromatic N) is 2. The Morgan fingerprint density at radius 1 is 1.36 bits per heavy atom. The van der Waals surface area contributed by atoms with Crippen molar-refractivity contribution < 1.29 is 4.79 Å². The maximum Gasteiger partial charge on any atom is 0.253 e. The minimum atomic E-state index is 0.0362. The van der Waals surface area contributed by atoms with Crippen LogP contribution in [-0.4, -0.2) is 50.0 Å². The van der Waals surface area contributed by atoms with E-state index in [0.29, 0.717) is 12.6 Å². The lowest BCUT2D eigenvalue weighted by atomic mass is 10.1. The Balaban J connectivity index is 1.92. The highest BCUT2D eigenvalue weighted by Gasteiger charge is 2.21. The minimum absolute atomic E-state index is 0.0362. The molecular formula is C17H26N4O. The van der Waals surface area contributed by atoms with Crippen LogP contribution in [0.15, 0.2) is 29.3 Å². The second-order valence-corrected chi connectivity index (χ2v) is 5.83. The largest absolute Gasteiger partial charge is 0.357 e. The predicted octanol–water partition coefficient (Wildman–Crippen LogP) is 1.65. The highest BCUT2D eigenvalue weighted by Crippen LogP contribution is 2.18. The van der Waals surface area contributed by atoms with Crippen LogP contribution < -0.4 is 10.6 Å². The summed E-state index contributed by atoms with van der Waals surface area (Å²) in [5.41, 5.74) is 1.87. The number of benzene rings is 1. The molecule has 0 aliphatic heterocycles. The zero-order valence-corrected chi connectivity index (χ0v) is 13.7. The molecule has 0 heterocycles. The van der Waals surface area contributed by atoms with Gasteiger partial charge in [0, 0.05) is 38.8 Å². The van der Waals surface area contributed by atoms with Crippen molar-refractivity contribution in [3.8, 4) is 0 Å². The Kier molecular flexibility index (Phi) is 5.81. The monoisotopic (exact) mass is 302 g/mol. The van der Waals surface area contributed by atoms with Crippen molar-refractivity contribution in [1.82, 2.24) is 15.5 Å². The normalized spacial score (nSPS) is 14.6. The average Bonchev–Trinajstić information content (AvgIpc) is 3.31. The fraction of sp³-hybridized carbons (Fsp3) is 0.529. The van der Waals surface area contributed by atoms with E-state index in [-0.39, 0.29) is 5.91 Å². The van der Waals surface area contributed by atoms with Gasteiger partial charge >= 0.3 is 0 Å². The Hall–Kier alpha value is -2.04. The van der Waals surface area contributed by atoms with E-state index in [1.54, 1.807) is 19.0 Å². The van der Waals surface area contributed by atoms with Crippen LogP contribution in [0.4, 0.5) is 0 Å². The van der Waals surface area contributed by atoms with E-state index in [1.807, 2.05) is 24.3 Å². The van der Waals surface area contributed by atoms with Crippen LogP contribution in [0.5, 0.6) is 0 Å². The minimum Gasteiger partial charge on any atom is -0.357 e. The molecule has 0 unspecified atom stereocenters. The van der Waals surface area contributed by atoms with Crippen LogP contribution in [0.1, 0.15) is 35.7 Å². The second kappa shape index (κ2) is 7.82. The Labute approximate surface area is 132 Å². The molecule has 0 bridgehead atoms. The first kappa shape index (κ1) is 16.3. The number of guanidine groups is 1. The van der Waals surface area contributed by atoms with Gasteiger partial charge in [-0.15, -0.1) is 0 Å². The SMILES string of the molecule is CCNC(=NCCc1cccc(C(=O)N(C)C)c1)NC1CC1. The molecule has 1 fully saturated rings. The van der Waals surface area contributed by atoms with Gasteiger partial charge in [-0.05, 0) is 43.9 Å². The van der Waals surface area contributed by atoms with Crippen LogP contribution in [0.25, 0.3) is 0 Å². The molecule has 1 aliphatic carbocycles. The van der Waals surface area contributed by atoms with Crippen molar-refractivity contribution in [2.45, 2.75) is 32.2 Å². The molecule has 5 nitrogen and oxygen atoms in total. The molecule has 1 aliphatic rings. The van der Waals surface area contributed by atoms with E-state index in [9.17, 15) is 4.79 Å². The molecule has 0 radical (unpaired) electrons. The highest BCUT2D eigenvalue weighted by molar-refractivity contribution is 5.94. The van der Waals surface area contributed by atoms with Crippen molar-refractivity contribution in [1.29, 1.82) is 0 Å². The number of nitrogens with one attached hydrogen (secondary N) is 2. The molecule has 2 N–H and O–H groups in total. The zero-order valence-electron chi connectivity index (χ0n) is 13.7. The standard InChI is InChI=1S/C17H26N4O/c1-4-18-17(20-15-8-9-15)19-11-10-13-6-5-7-14(12-13)16(22)21(2)3/h5-7,12,15H,4,8-11H2,1-3H3,(H2,18,19,20). The van der Waals surface area contributed by atoms with Gasteiger partial charge in [-0.3, -0.25) is 9.79 Å². The van der Waals surface area contributed by atoms with Crippen molar-refractivity contribution in [3.05, 3.63) is 35.4 Å². The van der Waals surface area contributed by atoms with Crippen molar-refractivity contribution in [2.24, 2.45) is 4.99 Å². The summed E-state index contributed by atoms with van der Waals surface area (Å²) in [7, 11) is 3.54. The fourth-order valence-electron chi connectivity index (χ4n) is 2.16. The quantitative estimate of drug-likeness (QED) is 0.620. The van der Waals surface area contributed by atoms with E-state index in [4.69, 9.17) is 0 Å². The Morgan fingerprint density at radius 2 is 2.14 bits per heavy atom. The van der Waals surface area contributed by atoms with E-state index in [2.05, 4.69) is 22.5 Å². The fourth-order valence-corrected chi connectivity index (χ4v) is 2.16. The van der Waals surface area contributed by atoms with E-state index < -0.39 is 0 Å². The Bertz CT molecular complexity index is 535. The van der Waals surface area contributed by atoms with E-state index in [1.165, 1.54) is 12.8 Å². The molecule has 0 spiro atoms. The summed E-state index contributed by atoms with van der Waals surface area (Å²) < 4.78 is 0. The topological polar surface area (TPSA) is 56.7 Å². The first-order valence-corrected chi connectivity index (χ1v) is 7.95. The molecule has 0 atom stereocenters. The van der Waals surface area contributed by atoms with Crippen LogP contribution >= 0.6 is 0 Å². The van der Waals surface area contributed by atoms with Crippen LogP contribution in [0.2, 0.25) is 0 Å². The first-order valence-electron chi connectivity index (χ1n) is 7.95. The Morgan fingerprint density at radius 3 is 2.77 bits per heavy atom. The number of carbonyl (C=O) groups is 1. The molecule has 0 saturated heterocycles. The van der Waals surface area contributed by atoms with E-state index in [0.717, 1.165) is 30.1 Å². The zero-order chi connectivity index (χ0) is 15.9. The lowest BCUT2D eigenvalue weighted by Crippen LogP contribution is -2.38. The molecule has 120 valence electrons. The highest BCUT2D eigenvalue weighted by atomic mass is 16.2. The third kappa shape index (κ3) is 5.06. The van der Waals surface area contributed by atoms with Gasteiger partial charge in [0.05, 0.1) is 0 Å². The smallest absolute Gasteiger partial charge is 0.253 e. The summed E-state index contributed by atoms with van der Waals surface area (Å²) in [6.07, 6.45) is 3.30. The summed E-state index contributed by atoms with van der Waals surface area (Å²) in [5.74, 6) is 0.930. The number of aliphatic imine (C=N–C) groups is 1. The predicted molar refractivity (Wildman–Crippen MR) is 90.3 cm³/mol. The van der Waals surface area contributed by atoms with Crippen molar-refractivity contribution >= 4 is 11.9 Å². The van der Waals surface area contributed by atoms with Gasteiger partial charge in [-0.25, -0.2) is 0 Å². The van der Waals surface area contributed by atoms with Crippen LogP contribution in [0.3, 0.4) is 0 Å². The first-order chi connectivity index (χ1) is 10.6. The maximum absolute atomic E-state index is 12.0. The summed E-state index contributed by atoms with van der Waals surface area (Å²) in [6.45, 7) is 3.65. The molecule has 22 heavy (non-hydrogen) atoms. The number of amides is 1. The van der Waals surface area contributed by atoms with Gasteiger partial charge in [0.25, 0.3) is 5.91 Å². The van der Waals surface area contributed by atoms with Gasteiger partial charge in [0.15, 0.2) is 5.96 Å². The lowest BCUT2D eigenvalue weighted by Gasteiger charge is -2.11. The van der Waals surface area contributed by atoms with Crippen molar-refractivity contribution in [2.75, 3.05) is 27.2 Å². The summed E-state index contributed by atoms with van der Waals surface area (Å²) in [4.78, 5) is 18.2.